The first-order valence-corrected chi connectivity index (χ1v) is 11.4. The summed E-state index contributed by atoms with van der Waals surface area (Å²) in [4.78, 5) is 39.9. The molecule has 2 aliphatic rings. The number of hydrogen-bond acceptors (Lipinski definition) is 5. The number of nitrogens with one attached hydrogen (secondary N) is 1. The number of likely N-dealkylation sites (tertiary alicyclic amines) is 1. The van der Waals surface area contributed by atoms with Gasteiger partial charge in [-0.05, 0) is 71.1 Å². The number of carbonyl (C=O) groups is 3. The summed E-state index contributed by atoms with van der Waals surface area (Å²) in [7, 11) is 1.86. The van der Waals surface area contributed by atoms with E-state index in [1.807, 2.05) is 38.8 Å². The fourth-order valence-electron chi connectivity index (χ4n) is 4.82. The monoisotopic (exact) mass is 455 g/mol. The minimum atomic E-state index is -0.523. The summed E-state index contributed by atoms with van der Waals surface area (Å²) in [5.74, 6) is 0.584. The third-order valence-corrected chi connectivity index (χ3v) is 6.43. The largest absolute Gasteiger partial charge is 0.444 e. The number of urea groups is 1. The Kier molecular flexibility index (Phi) is 5.62. The first-order chi connectivity index (χ1) is 15.4. The molecule has 4 rings (SSSR count). The molecule has 3 heterocycles. The molecule has 9 heteroatoms. The van der Waals surface area contributed by atoms with E-state index in [2.05, 4.69) is 36.4 Å². The zero-order valence-corrected chi connectivity index (χ0v) is 20.3. The highest BCUT2D eigenvalue weighted by Crippen LogP contribution is 2.40. The molecule has 1 N–H and O–H groups in total. The maximum atomic E-state index is 12.7. The highest BCUT2D eigenvalue weighted by atomic mass is 16.6. The van der Waals surface area contributed by atoms with Gasteiger partial charge in [-0.25, -0.2) is 9.59 Å². The fourth-order valence-corrected chi connectivity index (χ4v) is 4.82. The lowest BCUT2D eigenvalue weighted by atomic mass is 9.79. The molecule has 2 fully saturated rings. The van der Waals surface area contributed by atoms with Crippen molar-refractivity contribution >= 4 is 34.8 Å². The lowest BCUT2D eigenvalue weighted by Crippen LogP contribution is -2.53. The molecular formula is C24H33N5O4. The Labute approximate surface area is 194 Å². The van der Waals surface area contributed by atoms with Crippen molar-refractivity contribution in [2.45, 2.75) is 70.9 Å². The van der Waals surface area contributed by atoms with Gasteiger partial charge in [0.25, 0.3) is 0 Å². The zero-order valence-electron chi connectivity index (χ0n) is 20.3. The number of imide groups is 1. The molecule has 0 spiro atoms. The third-order valence-electron chi connectivity index (χ3n) is 6.43. The molecule has 4 amide bonds. The van der Waals surface area contributed by atoms with Gasteiger partial charge in [0.1, 0.15) is 5.60 Å². The van der Waals surface area contributed by atoms with Crippen molar-refractivity contribution in [3.63, 3.8) is 0 Å². The van der Waals surface area contributed by atoms with E-state index in [0.29, 0.717) is 18.9 Å². The molecule has 9 nitrogen and oxygen atoms in total. The normalized spacial score (nSPS) is 21.3. The van der Waals surface area contributed by atoms with Crippen LogP contribution >= 0.6 is 0 Å². The van der Waals surface area contributed by atoms with Crippen LogP contribution < -0.4 is 10.2 Å². The predicted octanol–water partition coefficient (Wildman–Crippen LogP) is 3.91. The minimum absolute atomic E-state index is 0.257. The zero-order chi connectivity index (χ0) is 24.1. The third kappa shape index (κ3) is 4.54. The van der Waals surface area contributed by atoms with Crippen molar-refractivity contribution < 1.29 is 19.1 Å². The standard InChI is InChI=1S/C24H33N5O4/c1-23(2,3)33-22(32)29-12-9-16(14-24(29,4)5)15-7-8-17-18(13-15)27(6)26-20(17)28-11-10-19(30)25-21(28)31/h7-8,13,16H,9-12,14H2,1-6H3,(H,25,30,31). The molecule has 1 aromatic carbocycles. The van der Waals surface area contributed by atoms with Gasteiger partial charge < -0.3 is 9.64 Å². The maximum absolute atomic E-state index is 12.7. The van der Waals surface area contributed by atoms with E-state index in [4.69, 9.17) is 4.74 Å². The van der Waals surface area contributed by atoms with E-state index >= 15 is 0 Å². The van der Waals surface area contributed by atoms with Gasteiger partial charge in [-0.15, -0.1) is 0 Å². The van der Waals surface area contributed by atoms with E-state index in [-0.39, 0.29) is 29.9 Å². The number of aryl methyl sites for hydroxylation is 1. The molecule has 1 aromatic heterocycles. The van der Waals surface area contributed by atoms with Crippen LogP contribution in [0.3, 0.4) is 0 Å². The number of anilines is 1. The highest BCUT2D eigenvalue weighted by Gasteiger charge is 2.40. The molecule has 2 aliphatic heterocycles. The second kappa shape index (κ2) is 8.04. The summed E-state index contributed by atoms with van der Waals surface area (Å²) < 4.78 is 7.40. The summed E-state index contributed by atoms with van der Waals surface area (Å²) in [5.41, 5.74) is 1.26. The van der Waals surface area contributed by atoms with Gasteiger partial charge in [-0.1, -0.05) is 6.07 Å². The average Bonchev–Trinajstić information content (AvgIpc) is 3.01. The molecule has 2 aromatic rings. The lowest BCUT2D eigenvalue weighted by Gasteiger charge is -2.45. The van der Waals surface area contributed by atoms with E-state index in [1.165, 1.54) is 10.5 Å². The van der Waals surface area contributed by atoms with Crippen LogP contribution in [-0.4, -0.2) is 56.9 Å². The number of rotatable bonds is 2. The number of hydrogen-bond donors (Lipinski definition) is 1. The molecule has 0 radical (unpaired) electrons. The maximum Gasteiger partial charge on any atom is 0.410 e. The highest BCUT2D eigenvalue weighted by molar-refractivity contribution is 6.08. The molecule has 1 unspecified atom stereocenters. The van der Waals surface area contributed by atoms with Crippen molar-refractivity contribution in [1.29, 1.82) is 0 Å². The smallest absolute Gasteiger partial charge is 0.410 e. The van der Waals surface area contributed by atoms with Gasteiger partial charge in [-0.2, -0.15) is 5.10 Å². The quantitative estimate of drug-likeness (QED) is 0.741. The van der Waals surface area contributed by atoms with Gasteiger partial charge in [0, 0.05) is 37.5 Å². The number of piperidine rings is 1. The number of carbonyl (C=O) groups excluding carboxylic acids is 3. The second-order valence-electron chi connectivity index (χ2n) is 10.6. The van der Waals surface area contributed by atoms with Gasteiger partial charge >= 0.3 is 12.1 Å². The summed E-state index contributed by atoms with van der Waals surface area (Å²) in [6.45, 7) is 10.8. The SMILES string of the molecule is Cn1nc(N2CCC(=O)NC2=O)c2ccc(C3CCN(C(=O)OC(C)(C)C)C(C)(C)C3)cc21. The molecule has 2 saturated heterocycles. The van der Waals surface area contributed by atoms with Crippen LogP contribution in [0, 0.1) is 0 Å². The van der Waals surface area contributed by atoms with Crippen molar-refractivity contribution in [1.82, 2.24) is 20.0 Å². The van der Waals surface area contributed by atoms with Crippen LogP contribution in [0.25, 0.3) is 10.9 Å². The number of fused-ring (bicyclic) bond motifs is 1. The first-order valence-electron chi connectivity index (χ1n) is 11.4. The van der Waals surface area contributed by atoms with Crippen LogP contribution in [0.15, 0.2) is 18.2 Å². The van der Waals surface area contributed by atoms with E-state index in [1.54, 1.807) is 4.68 Å². The topological polar surface area (TPSA) is 96.8 Å². The predicted molar refractivity (Wildman–Crippen MR) is 125 cm³/mol. The number of benzene rings is 1. The molecule has 0 saturated carbocycles. The molecule has 0 aliphatic carbocycles. The van der Waals surface area contributed by atoms with E-state index < -0.39 is 11.6 Å². The lowest BCUT2D eigenvalue weighted by molar-refractivity contribution is -0.120. The summed E-state index contributed by atoms with van der Waals surface area (Å²) in [6.07, 6.45) is 1.65. The van der Waals surface area contributed by atoms with Crippen LogP contribution in [0.4, 0.5) is 15.4 Å². The van der Waals surface area contributed by atoms with Gasteiger partial charge in [0.15, 0.2) is 5.82 Å². The molecule has 1 atom stereocenters. The van der Waals surface area contributed by atoms with Crippen molar-refractivity contribution in [2.24, 2.45) is 7.05 Å². The Balaban J connectivity index is 1.56. The first kappa shape index (κ1) is 23.1. The van der Waals surface area contributed by atoms with Crippen molar-refractivity contribution in [3.05, 3.63) is 23.8 Å². The molecule has 178 valence electrons. The Morgan fingerprint density at radius 3 is 2.58 bits per heavy atom. The Hall–Kier alpha value is -3.10. The summed E-state index contributed by atoms with van der Waals surface area (Å²) in [5, 5.41) is 7.80. The van der Waals surface area contributed by atoms with Gasteiger partial charge in [-0.3, -0.25) is 19.7 Å². The Bertz CT molecular complexity index is 1110. The summed E-state index contributed by atoms with van der Waals surface area (Å²) in [6, 6.07) is 5.78. The number of amides is 4. The number of ether oxygens (including phenoxy) is 1. The Morgan fingerprint density at radius 1 is 1.21 bits per heavy atom. The van der Waals surface area contributed by atoms with E-state index in [0.717, 1.165) is 23.7 Å². The van der Waals surface area contributed by atoms with Crippen molar-refractivity contribution in [2.75, 3.05) is 18.0 Å². The van der Waals surface area contributed by atoms with Gasteiger partial charge in [0.05, 0.1) is 5.52 Å². The van der Waals surface area contributed by atoms with Crippen LogP contribution in [-0.2, 0) is 16.6 Å². The average molecular weight is 456 g/mol. The van der Waals surface area contributed by atoms with Crippen LogP contribution in [0.5, 0.6) is 0 Å². The summed E-state index contributed by atoms with van der Waals surface area (Å²) >= 11 is 0. The molecule has 33 heavy (non-hydrogen) atoms. The van der Waals surface area contributed by atoms with E-state index in [9.17, 15) is 14.4 Å². The molecule has 0 bridgehead atoms. The van der Waals surface area contributed by atoms with Crippen LogP contribution in [0.2, 0.25) is 0 Å². The second-order valence-corrected chi connectivity index (χ2v) is 10.6. The minimum Gasteiger partial charge on any atom is -0.444 e. The van der Waals surface area contributed by atoms with Crippen molar-refractivity contribution in [3.8, 4) is 0 Å². The fraction of sp³-hybridized carbons (Fsp3) is 0.583. The number of nitrogens with zero attached hydrogens (tertiary/aromatic N) is 4. The number of aromatic nitrogens is 2. The Morgan fingerprint density at radius 2 is 1.94 bits per heavy atom. The van der Waals surface area contributed by atoms with Crippen LogP contribution in [0.1, 0.15) is 65.4 Å². The van der Waals surface area contributed by atoms with Gasteiger partial charge in [0.2, 0.25) is 5.91 Å². The molecular weight excluding hydrogens is 422 g/mol.